The molecule has 2 aliphatic rings. The fourth-order valence-corrected chi connectivity index (χ4v) is 3.40. The van der Waals surface area contributed by atoms with Crippen molar-refractivity contribution in [1.29, 1.82) is 0 Å². The van der Waals surface area contributed by atoms with Crippen LogP contribution in [0.25, 0.3) is 0 Å². The maximum Gasteiger partial charge on any atom is 0.352 e. The molecule has 6 heteroatoms. The Labute approximate surface area is 133 Å². The SMILES string of the molecule is O=c1nc(OCc2ccc(F)cc2)cc2n1C[C@@H]1CCCCN21. The fourth-order valence-electron chi connectivity index (χ4n) is 3.40. The van der Waals surface area contributed by atoms with Crippen LogP contribution in [0.3, 0.4) is 0 Å². The third-order valence-corrected chi connectivity index (χ3v) is 4.58. The highest BCUT2D eigenvalue weighted by molar-refractivity contribution is 5.47. The zero-order chi connectivity index (χ0) is 15.8. The topological polar surface area (TPSA) is 47.4 Å². The highest BCUT2D eigenvalue weighted by Crippen LogP contribution is 2.32. The first kappa shape index (κ1) is 14.2. The van der Waals surface area contributed by atoms with Gasteiger partial charge in [-0.05, 0) is 37.0 Å². The molecule has 0 aliphatic carbocycles. The molecule has 2 aromatic rings. The summed E-state index contributed by atoms with van der Waals surface area (Å²) in [5.74, 6) is 0.958. The Morgan fingerprint density at radius 1 is 1.26 bits per heavy atom. The molecule has 3 heterocycles. The summed E-state index contributed by atoms with van der Waals surface area (Å²) in [5.41, 5.74) is 0.579. The normalized spacial score (nSPS) is 19.3. The molecule has 2 aliphatic heterocycles. The molecule has 0 amide bonds. The van der Waals surface area contributed by atoms with Gasteiger partial charge in [0, 0.05) is 25.2 Å². The number of anilines is 1. The van der Waals surface area contributed by atoms with Crippen molar-refractivity contribution in [3.8, 4) is 5.88 Å². The van der Waals surface area contributed by atoms with E-state index in [1.165, 1.54) is 18.6 Å². The molecule has 1 atom stereocenters. The molecule has 23 heavy (non-hydrogen) atoms. The maximum atomic E-state index is 12.9. The van der Waals surface area contributed by atoms with Crippen LogP contribution in [0.15, 0.2) is 35.1 Å². The second-order valence-corrected chi connectivity index (χ2v) is 6.10. The molecule has 1 aromatic heterocycles. The largest absolute Gasteiger partial charge is 0.473 e. The Balaban J connectivity index is 1.55. The molecule has 0 unspecified atom stereocenters. The molecule has 0 radical (unpaired) electrons. The lowest BCUT2D eigenvalue weighted by Gasteiger charge is -2.30. The van der Waals surface area contributed by atoms with E-state index in [4.69, 9.17) is 4.74 Å². The minimum atomic E-state index is -0.279. The van der Waals surface area contributed by atoms with Crippen LogP contribution in [-0.2, 0) is 13.2 Å². The number of fused-ring (bicyclic) bond motifs is 3. The third-order valence-electron chi connectivity index (χ3n) is 4.58. The molecular formula is C17H18FN3O2. The molecule has 1 saturated heterocycles. The van der Waals surface area contributed by atoms with Crippen molar-refractivity contribution in [1.82, 2.24) is 9.55 Å². The van der Waals surface area contributed by atoms with E-state index in [-0.39, 0.29) is 18.1 Å². The van der Waals surface area contributed by atoms with E-state index in [0.717, 1.165) is 37.3 Å². The highest BCUT2D eigenvalue weighted by Gasteiger charge is 2.32. The van der Waals surface area contributed by atoms with E-state index >= 15 is 0 Å². The van der Waals surface area contributed by atoms with E-state index in [2.05, 4.69) is 9.88 Å². The number of piperidine rings is 1. The van der Waals surface area contributed by atoms with Crippen LogP contribution in [0.4, 0.5) is 10.2 Å². The first-order valence-electron chi connectivity index (χ1n) is 7.96. The predicted molar refractivity (Wildman–Crippen MR) is 84.2 cm³/mol. The van der Waals surface area contributed by atoms with Gasteiger partial charge < -0.3 is 9.64 Å². The van der Waals surface area contributed by atoms with Crippen LogP contribution in [0.1, 0.15) is 24.8 Å². The Morgan fingerprint density at radius 2 is 2.09 bits per heavy atom. The summed E-state index contributed by atoms with van der Waals surface area (Å²) in [5, 5.41) is 0. The van der Waals surface area contributed by atoms with Crippen molar-refractivity contribution in [3.05, 3.63) is 52.2 Å². The minimum Gasteiger partial charge on any atom is -0.473 e. The molecule has 120 valence electrons. The first-order valence-corrected chi connectivity index (χ1v) is 7.96. The lowest BCUT2D eigenvalue weighted by Crippen LogP contribution is -2.36. The molecular weight excluding hydrogens is 297 g/mol. The number of nitrogens with zero attached hydrogens (tertiary/aromatic N) is 3. The van der Waals surface area contributed by atoms with Gasteiger partial charge in [0.25, 0.3) is 0 Å². The predicted octanol–water partition coefficient (Wildman–Crippen LogP) is 2.33. The number of aromatic nitrogens is 2. The molecule has 1 fully saturated rings. The summed E-state index contributed by atoms with van der Waals surface area (Å²) < 4.78 is 20.3. The van der Waals surface area contributed by atoms with Crippen molar-refractivity contribution in [2.45, 2.75) is 38.5 Å². The van der Waals surface area contributed by atoms with Crippen LogP contribution in [0, 0.1) is 5.82 Å². The van der Waals surface area contributed by atoms with Crippen molar-refractivity contribution >= 4 is 5.82 Å². The van der Waals surface area contributed by atoms with Gasteiger partial charge in [0.15, 0.2) is 0 Å². The lowest BCUT2D eigenvalue weighted by atomic mass is 10.0. The van der Waals surface area contributed by atoms with E-state index in [1.54, 1.807) is 16.7 Å². The molecule has 0 bridgehead atoms. The average molecular weight is 315 g/mol. The quantitative estimate of drug-likeness (QED) is 0.872. The molecule has 0 spiro atoms. The smallest absolute Gasteiger partial charge is 0.352 e. The number of benzene rings is 1. The Kier molecular flexibility index (Phi) is 3.52. The fraction of sp³-hybridized carbons (Fsp3) is 0.412. The van der Waals surface area contributed by atoms with Gasteiger partial charge in [-0.2, -0.15) is 4.98 Å². The molecule has 4 rings (SSSR count). The van der Waals surface area contributed by atoms with E-state index in [0.29, 0.717) is 11.9 Å². The summed E-state index contributed by atoms with van der Waals surface area (Å²) in [4.78, 5) is 18.5. The number of hydrogen-bond acceptors (Lipinski definition) is 4. The average Bonchev–Trinajstić information content (AvgIpc) is 2.94. The monoisotopic (exact) mass is 315 g/mol. The molecule has 0 N–H and O–H groups in total. The summed E-state index contributed by atoms with van der Waals surface area (Å²) in [6.07, 6.45) is 3.48. The number of ether oxygens (including phenoxy) is 1. The van der Waals surface area contributed by atoms with Crippen LogP contribution in [0.2, 0.25) is 0 Å². The maximum absolute atomic E-state index is 12.9. The second kappa shape index (κ2) is 5.68. The van der Waals surface area contributed by atoms with Gasteiger partial charge in [-0.3, -0.25) is 4.57 Å². The first-order chi connectivity index (χ1) is 11.2. The van der Waals surface area contributed by atoms with Gasteiger partial charge in [0.1, 0.15) is 18.2 Å². The van der Waals surface area contributed by atoms with Gasteiger partial charge in [-0.15, -0.1) is 0 Å². The standard InChI is InChI=1S/C17H18FN3O2/c18-13-6-4-12(5-7-13)11-23-15-9-16-20-8-2-1-3-14(20)10-21(16)17(22)19-15/h4-7,9,14H,1-3,8,10-11H2/t14-/m0/s1. The Hall–Kier alpha value is -2.37. The zero-order valence-electron chi connectivity index (χ0n) is 12.7. The second-order valence-electron chi connectivity index (χ2n) is 6.10. The Bertz CT molecular complexity index is 772. The van der Waals surface area contributed by atoms with E-state index in [1.807, 2.05) is 6.07 Å². The number of halogens is 1. The van der Waals surface area contributed by atoms with Gasteiger partial charge in [-0.25, -0.2) is 9.18 Å². The van der Waals surface area contributed by atoms with Crippen molar-refractivity contribution in [2.75, 3.05) is 11.4 Å². The molecule has 1 aromatic carbocycles. The van der Waals surface area contributed by atoms with Crippen molar-refractivity contribution in [2.24, 2.45) is 0 Å². The van der Waals surface area contributed by atoms with Crippen LogP contribution < -0.4 is 15.3 Å². The van der Waals surface area contributed by atoms with Crippen molar-refractivity contribution < 1.29 is 9.13 Å². The molecule has 0 saturated carbocycles. The zero-order valence-corrected chi connectivity index (χ0v) is 12.7. The summed E-state index contributed by atoms with van der Waals surface area (Å²) in [6.45, 7) is 1.96. The van der Waals surface area contributed by atoms with E-state index < -0.39 is 0 Å². The summed E-state index contributed by atoms with van der Waals surface area (Å²) in [7, 11) is 0. The summed E-state index contributed by atoms with van der Waals surface area (Å²) in [6, 6.07) is 8.36. The van der Waals surface area contributed by atoms with Crippen molar-refractivity contribution in [3.63, 3.8) is 0 Å². The number of hydrogen-bond donors (Lipinski definition) is 0. The number of rotatable bonds is 3. The minimum absolute atomic E-state index is 0.258. The van der Waals surface area contributed by atoms with E-state index in [9.17, 15) is 9.18 Å². The van der Waals surface area contributed by atoms with Gasteiger partial charge in [0.05, 0.1) is 0 Å². The lowest BCUT2D eigenvalue weighted by molar-refractivity contribution is 0.291. The van der Waals surface area contributed by atoms with Crippen LogP contribution in [-0.4, -0.2) is 22.1 Å². The van der Waals surface area contributed by atoms with Crippen LogP contribution >= 0.6 is 0 Å². The van der Waals surface area contributed by atoms with Crippen LogP contribution in [0.5, 0.6) is 5.88 Å². The highest BCUT2D eigenvalue weighted by atomic mass is 19.1. The summed E-state index contributed by atoms with van der Waals surface area (Å²) >= 11 is 0. The Morgan fingerprint density at radius 3 is 2.91 bits per heavy atom. The van der Waals surface area contributed by atoms with Gasteiger partial charge in [-0.1, -0.05) is 12.1 Å². The third kappa shape index (κ3) is 2.69. The van der Waals surface area contributed by atoms with Gasteiger partial charge in [0.2, 0.25) is 5.88 Å². The molecule has 5 nitrogen and oxygen atoms in total. The van der Waals surface area contributed by atoms with Gasteiger partial charge >= 0.3 is 5.69 Å².